The maximum absolute atomic E-state index is 13.5. The highest BCUT2D eigenvalue weighted by Gasteiger charge is 2.26. The van der Waals surface area contributed by atoms with Crippen molar-refractivity contribution < 1.29 is 17.9 Å². The van der Waals surface area contributed by atoms with E-state index in [0.717, 1.165) is 12.1 Å². The number of hydrogen-bond acceptors (Lipinski definition) is 2. The fourth-order valence-electron chi connectivity index (χ4n) is 1.57. The molecular formula is C12H12F3NO. The summed E-state index contributed by atoms with van der Waals surface area (Å²) in [5.74, 6) is -3.68. The third kappa shape index (κ3) is 2.14. The van der Waals surface area contributed by atoms with Gasteiger partial charge in [0.05, 0.1) is 11.6 Å². The van der Waals surface area contributed by atoms with Crippen molar-refractivity contribution in [2.75, 3.05) is 6.61 Å². The molecule has 92 valence electrons. The lowest BCUT2D eigenvalue weighted by Crippen LogP contribution is -2.13. The van der Waals surface area contributed by atoms with Gasteiger partial charge >= 0.3 is 0 Å². The minimum Gasteiger partial charge on any atom is -0.475 e. The summed E-state index contributed by atoms with van der Waals surface area (Å²) in [5, 5.41) is 0. The predicted molar refractivity (Wildman–Crippen MR) is 57.4 cm³/mol. The first-order valence-electron chi connectivity index (χ1n) is 5.35. The summed E-state index contributed by atoms with van der Waals surface area (Å²) in [6.07, 6.45) is 0. The van der Waals surface area contributed by atoms with Gasteiger partial charge in [0.1, 0.15) is 6.61 Å². The molecule has 0 saturated carbocycles. The molecule has 1 heterocycles. The van der Waals surface area contributed by atoms with Crippen molar-refractivity contribution in [2.24, 2.45) is 10.9 Å². The minimum atomic E-state index is -1.50. The fourth-order valence-corrected chi connectivity index (χ4v) is 1.57. The van der Waals surface area contributed by atoms with Crippen molar-refractivity contribution in [3.63, 3.8) is 0 Å². The lowest BCUT2D eigenvalue weighted by molar-refractivity contribution is 0.290. The van der Waals surface area contributed by atoms with E-state index in [1.165, 1.54) is 0 Å². The molecule has 0 amide bonds. The smallest absolute Gasteiger partial charge is 0.219 e. The van der Waals surface area contributed by atoms with E-state index in [1.54, 1.807) is 0 Å². The number of ether oxygens (including phenoxy) is 1. The van der Waals surface area contributed by atoms with Crippen LogP contribution < -0.4 is 0 Å². The standard InChI is InChI=1S/C12H12F3NO/c1-6(2)9-5-17-12(16-9)7-3-4-8(13)11(15)10(7)14/h3-4,6,9H,5H2,1-2H3/t9-/m0/s1. The van der Waals surface area contributed by atoms with Crippen LogP contribution in [0.25, 0.3) is 0 Å². The van der Waals surface area contributed by atoms with Crippen molar-refractivity contribution in [3.05, 3.63) is 35.1 Å². The summed E-state index contributed by atoms with van der Waals surface area (Å²) < 4.78 is 44.5. The van der Waals surface area contributed by atoms with Gasteiger partial charge in [-0.1, -0.05) is 13.8 Å². The molecule has 0 unspecified atom stereocenters. The van der Waals surface area contributed by atoms with Crippen LogP contribution in [0.15, 0.2) is 17.1 Å². The molecule has 1 atom stereocenters. The molecule has 1 aromatic carbocycles. The van der Waals surface area contributed by atoms with Gasteiger partial charge < -0.3 is 4.74 Å². The van der Waals surface area contributed by atoms with Gasteiger partial charge in [0.25, 0.3) is 0 Å². The van der Waals surface area contributed by atoms with Crippen LogP contribution >= 0.6 is 0 Å². The highest BCUT2D eigenvalue weighted by atomic mass is 19.2. The second kappa shape index (κ2) is 4.39. The third-order valence-electron chi connectivity index (χ3n) is 2.71. The molecule has 0 radical (unpaired) electrons. The molecule has 2 nitrogen and oxygen atoms in total. The first-order chi connectivity index (χ1) is 8.00. The number of hydrogen-bond donors (Lipinski definition) is 0. The fraction of sp³-hybridized carbons (Fsp3) is 0.417. The number of benzene rings is 1. The van der Waals surface area contributed by atoms with Gasteiger partial charge in [-0.2, -0.15) is 0 Å². The monoisotopic (exact) mass is 243 g/mol. The maximum Gasteiger partial charge on any atom is 0.219 e. The van der Waals surface area contributed by atoms with Crippen LogP contribution in [0.3, 0.4) is 0 Å². The lowest BCUT2D eigenvalue weighted by atomic mass is 10.1. The van der Waals surface area contributed by atoms with Gasteiger partial charge in [-0.15, -0.1) is 0 Å². The van der Waals surface area contributed by atoms with Crippen LogP contribution in [-0.2, 0) is 4.74 Å². The quantitative estimate of drug-likeness (QED) is 0.732. The average Bonchev–Trinajstić information content (AvgIpc) is 2.75. The van der Waals surface area contributed by atoms with Crippen molar-refractivity contribution in [1.82, 2.24) is 0 Å². The lowest BCUT2D eigenvalue weighted by Gasteiger charge is -2.06. The molecule has 0 aliphatic carbocycles. The number of aliphatic imine (C=N–C) groups is 1. The minimum absolute atomic E-state index is 0.0418. The summed E-state index contributed by atoms with van der Waals surface area (Å²) in [6, 6.07) is 1.93. The van der Waals surface area contributed by atoms with Gasteiger partial charge in [-0.3, -0.25) is 0 Å². The van der Waals surface area contributed by atoms with Gasteiger partial charge in [-0.05, 0) is 18.1 Å². The van der Waals surface area contributed by atoms with E-state index in [9.17, 15) is 13.2 Å². The van der Waals surface area contributed by atoms with E-state index in [0.29, 0.717) is 6.61 Å². The zero-order valence-electron chi connectivity index (χ0n) is 9.51. The summed E-state index contributed by atoms with van der Waals surface area (Å²) in [5.41, 5.74) is -0.132. The molecular weight excluding hydrogens is 231 g/mol. The molecule has 0 bridgehead atoms. The Morgan fingerprint density at radius 3 is 2.53 bits per heavy atom. The third-order valence-corrected chi connectivity index (χ3v) is 2.71. The summed E-state index contributed by atoms with van der Waals surface area (Å²) in [7, 11) is 0. The summed E-state index contributed by atoms with van der Waals surface area (Å²) in [4.78, 5) is 4.15. The summed E-state index contributed by atoms with van der Waals surface area (Å²) in [6.45, 7) is 4.26. The molecule has 0 saturated heterocycles. The molecule has 5 heteroatoms. The van der Waals surface area contributed by atoms with Crippen LogP contribution in [-0.4, -0.2) is 18.5 Å². The number of halogens is 3. The predicted octanol–water partition coefficient (Wildman–Crippen LogP) is 2.91. The second-order valence-electron chi connectivity index (χ2n) is 4.28. The first kappa shape index (κ1) is 12.0. The second-order valence-corrected chi connectivity index (χ2v) is 4.28. The van der Waals surface area contributed by atoms with Crippen LogP contribution in [0, 0.1) is 23.4 Å². The zero-order valence-corrected chi connectivity index (χ0v) is 9.51. The molecule has 17 heavy (non-hydrogen) atoms. The Kier molecular flexibility index (Phi) is 3.09. The molecule has 1 aliphatic heterocycles. The number of rotatable bonds is 2. The van der Waals surface area contributed by atoms with Gasteiger partial charge in [-0.25, -0.2) is 18.2 Å². The molecule has 0 fully saturated rings. The molecule has 1 aliphatic rings. The highest BCUT2D eigenvalue weighted by molar-refractivity contribution is 5.95. The molecule has 0 spiro atoms. The molecule has 0 N–H and O–H groups in total. The van der Waals surface area contributed by atoms with Crippen LogP contribution in [0.5, 0.6) is 0 Å². The Morgan fingerprint density at radius 2 is 1.94 bits per heavy atom. The van der Waals surface area contributed by atoms with Gasteiger partial charge in [0.15, 0.2) is 17.5 Å². The maximum atomic E-state index is 13.5. The van der Waals surface area contributed by atoms with E-state index in [1.807, 2.05) is 13.8 Å². The highest BCUT2D eigenvalue weighted by Crippen LogP contribution is 2.21. The Bertz CT molecular complexity index is 471. The van der Waals surface area contributed by atoms with Crippen molar-refractivity contribution in [1.29, 1.82) is 0 Å². The first-order valence-corrected chi connectivity index (χ1v) is 5.35. The SMILES string of the molecule is CC(C)[C@@H]1COC(c2ccc(F)c(F)c2F)=N1. The van der Waals surface area contributed by atoms with E-state index in [4.69, 9.17) is 4.74 Å². The molecule has 1 aromatic rings. The summed E-state index contributed by atoms with van der Waals surface area (Å²) >= 11 is 0. The van der Waals surface area contributed by atoms with Crippen LogP contribution in [0.4, 0.5) is 13.2 Å². The molecule has 0 aromatic heterocycles. The van der Waals surface area contributed by atoms with Crippen molar-refractivity contribution in [3.8, 4) is 0 Å². The van der Waals surface area contributed by atoms with Crippen molar-refractivity contribution >= 4 is 5.90 Å². The average molecular weight is 243 g/mol. The Labute approximate surface area is 97.1 Å². The number of nitrogens with zero attached hydrogens (tertiary/aromatic N) is 1. The zero-order chi connectivity index (χ0) is 12.6. The van der Waals surface area contributed by atoms with E-state index >= 15 is 0 Å². The van der Waals surface area contributed by atoms with E-state index in [-0.39, 0.29) is 23.4 Å². The molecule has 2 rings (SSSR count). The van der Waals surface area contributed by atoms with Crippen LogP contribution in [0.2, 0.25) is 0 Å². The van der Waals surface area contributed by atoms with Gasteiger partial charge in [0, 0.05) is 0 Å². The normalized spacial score (nSPS) is 19.4. The Hall–Kier alpha value is -1.52. The van der Waals surface area contributed by atoms with Crippen LogP contribution in [0.1, 0.15) is 19.4 Å². The Balaban J connectivity index is 2.37. The largest absolute Gasteiger partial charge is 0.475 e. The van der Waals surface area contributed by atoms with Crippen molar-refractivity contribution in [2.45, 2.75) is 19.9 Å². The Morgan fingerprint density at radius 1 is 1.24 bits per heavy atom. The van der Waals surface area contributed by atoms with E-state index in [2.05, 4.69) is 4.99 Å². The van der Waals surface area contributed by atoms with Gasteiger partial charge in [0.2, 0.25) is 5.90 Å². The topological polar surface area (TPSA) is 21.6 Å². The van der Waals surface area contributed by atoms with E-state index < -0.39 is 17.5 Å².